The van der Waals surface area contributed by atoms with E-state index in [0.717, 1.165) is 43.2 Å². The van der Waals surface area contributed by atoms with E-state index in [1.54, 1.807) is 10.9 Å². The third-order valence-electron chi connectivity index (χ3n) is 4.33. The summed E-state index contributed by atoms with van der Waals surface area (Å²) in [5.74, 6) is 0.223. The summed E-state index contributed by atoms with van der Waals surface area (Å²) in [7, 11) is 1.84. The Kier molecular flexibility index (Phi) is 4.46. The van der Waals surface area contributed by atoms with Gasteiger partial charge in [-0.25, -0.2) is 0 Å². The van der Waals surface area contributed by atoms with E-state index in [1.807, 2.05) is 7.05 Å². The molecule has 106 valence electrons. The van der Waals surface area contributed by atoms with Crippen molar-refractivity contribution in [1.29, 1.82) is 0 Å². The molecule has 0 spiro atoms. The number of ketones is 1. The van der Waals surface area contributed by atoms with Gasteiger partial charge < -0.3 is 0 Å². The largest absolute Gasteiger partial charge is 0.291 e. The summed E-state index contributed by atoms with van der Waals surface area (Å²) in [5.41, 5.74) is 0.383. The number of carbonyl (C=O) groups is 1. The van der Waals surface area contributed by atoms with E-state index in [0.29, 0.717) is 5.69 Å². The third kappa shape index (κ3) is 2.38. The SMILES string of the molecule is CCN(CC)C1(C(=O)c2c(Br)cnn2C)CCCC1. The van der Waals surface area contributed by atoms with Gasteiger partial charge in [-0.2, -0.15) is 5.10 Å². The first-order valence-corrected chi connectivity index (χ1v) is 7.83. The monoisotopic (exact) mass is 327 g/mol. The van der Waals surface area contributed by atoms with Crippen LogP contribution in [0.25, 0.3) is 0 Å². The van der Waals surface area contributed by atoms with Gasteiger partial charge in [-0.1, -0.05) is 26.7 Å². The smallest absolute Gasteiger partial charge is 0.202 e. The molecule has 1 aliphatic rings. The minimum absolute atomic E-state index is 0.223. The zero-order chi connectivity index (χ0) is 14.0. The summed E-state index contributed by atoms with van der Waals surface area (Å²) < 4.78 is 2.49. The van der Waals surface area contributed by atoms with Crippen molar-refractivity contribution in [2.45, 2.75) is 45.1 Å². The van der Waals surface area contributed by atoms with Gasteiger partial charge in [0, 0.05) is 7.05 Å². The summed E-state index contributed by atoms with van der Waals surface area (Å²) in [6.07, 6.45) is 5.91. The molecule has 0 atom stereocenters. The maximum absolute atomic E-state index is 13.1. The van der Waals surface area contributed by atoms with Crippen molar-refractivity contribution in [1.82, 2.24) is 14.7 Å². The summed E-state index contributed by atoms with van der Waals surface area (Å²) in [6, 6.07) is 0. The number of aromatic nitrogens is 2. The molecule has 19 heavy (non-hydrogen) atoms. The Balaban J connectivity index is 2.42. The molecule has 5 heteroatoms. The zero-order valence-electron chi connectivity index (χ0n) is 11.9. The molecule has 1 fully saturated rings. The van der Waals surface area contributed by atoms with Crippen LogP contribution in [-0.2, 0) is 7.05 Å². The molecule has 0 N–H and O–H groups in total. The van der Waals surface area contributed by atoms with Gasteiger partial charge in [0.15, 0.2) is 0 Å². The Labute approximate surface area is 123 Å². The van der Waals surface area contributed by atoms with Gasteiger partial charge in [0.05, 0.1) is 16.2 Å². The second-order valence-electron chi connectivity index (χ2n) is 5.20. The molecule has 1 saturated carbocycles. The molecule has 0 unspecified atom stereocenters. The molecular weight excluding hydrogens is 306 g/mol. The number of Topliss-reactive ketones (excluding diaryl/α,β-unsaturated/α-hetero) is 1. The van der Waals surface area contributed by atoms with E-state index in [4.69, 9.17) is 0 Å². The van der Waals surface area contributed by atoms with Crippen molar-refractivity contribution >= 4 is 21.7 Å². The van der Waals surface area contributed by atoms with Gasteiger partial charge in [-0.05, 0) is 41.9 Å². The van der Waals surface area contributed by atoms with Crippen LogP contribution in [-0.4, -0.2) is 39.1 Å². The van der Waals surface area contributed by atoms with Crippen LogP contribution >= 0.6 is 15.9 Å². The normalized spacial score (nSPS) is 18.2. The van der Waals surface area contributed by atoms with Gasteiger partial charge in [0.1, 0.15) is 5.69 Å². The average Bonchev–Trinajstić information content (AvgIpc) is 2.99. The molecule has 1 aromatic rings. The van der Waals surface area contributed by atoms with Crippen molar-refractivity contribution in [3.05, 3.63) is 16.4 Å². The number of hydrogen-bond donors (Lipinski definition) is 0. The van der Waals surface area contributed by atoms with E-state index in [1.165, 1.54) is 0 Å². The van der Waals surface area contributed by atoms with Crippen molar-refractivity contribution in [3.63, 3.8) is 0 Å². The highest BCUT2D eigenvalue weighted by molar-refractivity contribution is 9.10. The number of carbonyl (C=O) groups excluding carboxylic acids is 1. The molecule has 0 amide bonds. The summed E-state index contributed by atoms with van der Waals surface area (Å²) >= 11 is 3.46. The van der Waals surface area contributed by atoms with Crippen LogP contribution in [0.5, 0.6) is 0 Å². The first kappa shape index (κ1) is 14.7. The number of aryl methyl sites for hydroxylation is 1. The molecular formula is C14H22BrN3O. The molecule has 2 rings (SSSR count). The van der Waals surface area contributed by atoms with E-state index in [9.17, 15) is 4.79 Å². The molecule has 0 radical (unpaired) electrons. The Morgan fingerprint density at radius 2 is 2.00 bits per heavy atom. The third-order valence-corrected chi connectivity index (χ3v) is 4.91. The predicted molar refractivity (Wildman–Crippen MR) is 79.4 cm³/mol. The number of rotatable bonds is 5. The fourth-order valence-corrected chi connectivity index (χ4v) is 3.89. The molecule has 0 bridgehead atoms. The van der Waals surface area contributed by atoms with Gasteiger partial charge in [0.2, 0.25) is 5.78 Å². The van der Waals surface area contributed by atoms with Crippen LogP contribution in [0.15, 0.2) is 10.7 Å². The van der Waals surface area contributed by atoms with E-state index in [-0.39, 0.29) is 11.3 Å². The highest BCUT2D eigenvalue weighted by Crippen LogP contribution is 2.39. The number of likely N-dealkylation sites (N-methyl/N-ethyl adjacent to an activating group) is 1. The van der Waals surface area contributed by atoms with Crippen molar-refractivity contribution < 1.29 is 4.79 Å². The standard InChI is InChI=1S/C14H22BrN3O/c1-4-18(5-2)14(8-6-7-9-14)13(19)12-11(15)10-16-17(12)3/h10H,4-9H2,1-3H3. The van der Waals surface area contributed by atoms with Crippen LogP contribution in [0, 0.1) is 0 Å². The van der Waals surface area contributed by atoms with Crippen LogP contribution in [0.4, 0.5) is 0 Å². The van der Waals surface area contributed by atoms with Gasteiger partial charge in [-0.15, -0.1) is 0 Å². The molecule has 0 aliphatic heterocycles. The maximum Gasteiger partial charge on any atom is 0.202 e. The second kappa shape index (κ2) is 5.75. The van der Waals surface area contributed by atoms with Crippen LogP contribution in [0.1, 0.15) is 50.0 Å². The van der Waals surface area contributed by atoms with E-state index < -0.39 is 0 Å². The first-order chi connectivity index (χ1) is 9.06. The predicted octanol–water partition coefficient (Wildman–Crippen LogP) is 3.02. The summed E-state index contributed by atoms with van der Waals surface area (Å²) in [4.78, 5) is 15.4. The van der Waals surface area contributed by atoms with E-state index >= 15 is 0 Å². The Morgan fingerprint density at radius 1 is 1.42 bits per heavy atom. The van der Waals surface area contributed by atoms with Crippen LogP contribution < -0.4 is 0 Å². The Morgan fingerprint density at radius 3 is 2.42 bits per heavy atom. The molecule has 0 saturated heterocycles. The molecule has 1 aromatic heterocycles. The Hall–Kier alpha value is -0.680. The molecule has 4 nitrogen and oxygen atoms in total. The fourth-order valence-electron chi connectivity index (χ4n) is 3.36. The van der Waals surface area contributed by atoms with Crippen molar-refractivity contribution in [2.75, 3.05) is 13.1 Å². The quantitative estimate of drug-likeness (QED) is 0.780. The average molecular weight is 328 g/mol. The molecule has 1 heterocycles. The second-order valence-corrected chi connectivity index (χ2v) is 6.06. The lowest BCUT2D eigenvalue weighted by Crippen LogP contribution is -2.53. The van der Waals surface area contributed by atoms with Crippen molar-refractivity contribution in [3.8, 4) is 0 Å². The lowest BCUT2D eigenvalue weighted by Gasteiger charge is -2.39. The minimum atomic E-state index is -0.320. The van der Waals surface area contributed by atoms with Crippen LogP contribution in [0.2, 0.25) is 0 Å². The minimum Gasteiger partial charge on any atom is -0.291 e. The summed E-state index contributed by atoms with van der Waals surface area (Å²) in [5, 5.41) is 4.18. The molecule has 1 aliphatic carbocycles. The first-order valence-electron chi connectivity index (χ1n) is 7.04. The summed E-state index contributed by atoms with van der Waals surface area (Å²) in [6.45, 7) is 6.10. The lowest BCUT2D eigenvalue weighted by atomic mass is 9.87. The van der Waals surface area contributed by atoms with E-state index in [2.05, 4.69) is 39.8 Å². The zero-order valence-corrected chi connectivity index (χ0v) is 13.5. The lowest BCUT2D eigenvalue weighted by molar-refractivity contribution is 0.0573. The number of hydrogen-bond acceptors (Lipinski definition) is 3. The van der Waals surface area contributed by atoms with Crippen LogP contribution in [0.3, 0.4) is 0 Å². The topological polar surface area (TPSA) is 38.1 Å². The highest BCUT2D eigenvalue weighted by atomic mass is 79.9. The van der Waals surface area contributed by atoms with Gasteiger partial charge >= 0.3 is 0 Å². The highest BCUT2D eigenvalue weighted by Gasteiger charge is 2.46. The maximum atomic E-state index is 13.1. The van der Waals surface area contributed by atoms with Gasteiger partial charge in [-0.3, -0.25) is 14.4 Å². The fraction of sp³-hybridized carbons (Fsp3) is 0.714. The Bertz CT molecular complexity index is 440. The van der Waals surface area contributed by atoms with Gasteiger partial charge in [0.25, 0.3) is 0 Å². The van der Waals surface area contributed by atoms with Crippen molar-refractivity contribution in [2.24, 2.45) is 7.05 Å². The number of halogens is 1. The molecule has 0 aromatic carbocycles. The number of nitrogens with zero attached hydrogens (tertiary/aromatic N) is 3.